The van der Waals surface area contributed by atoms with Crippen LogP contribution in [0.25, 0.3) is 5.76 Å². The zero-order valence-corrected chi connectivity index (χ0v) is 18.6. The third-order valence-electron chi connectivity index (χ3n) is 5.40. The van der Waals surface area contributed by atoms with E-state index in [-0.39, 0.29) is 16.9 Å². The van der Waals surface area contributed by atoms with Crippen molar-refractivity contribution in [2.75, 3.05) is 41.4 Å². The van der Waals surface area contributed by atoms with Crippen molar-refractivity contribution < 1.29 is 28.6 Å². The van der Waals surface area contributed by atoms with Crippen LogP contribution in [0.2, 0.25) is 0 Å². The molecule has 170 valence electrons. The maximum Gasteiger partial charge on any atom is 0.295 e. The number of likely N-dealkylation sites (tertiary alicyclic amines) is 1. The van der Waals surface area contributed by atoms with E-state index in [4.69, 9.17) is 9.47 Å². The van der Waals surface area contributed by atoms with Gasteiger partial charge in [0.05, 0.1) is 25.8 Å². The summed E-state index contributed by atoms with van der Waals surface area (Å²) in [6, 6.07) is 10.0. The van der Waals surface area contributed by atoms with Crippen LogP contribution in [0.3, 0.4) is 0 Å². The molecule has 1 fully saturated rings. The highest BCUT2D eigenvalue weighted by Gasteiger charge is 2.45. The number of aliphatic hydroxyl groups is 1. The number of ketones is 1. The van der Waals surface area contributed by atoms with Gasteiger partial charge in [0.25, 0.3) is 11.7 Å². The van der Waals surface area contributed by atoms with E-state index in [0.717, 1.165) is 12.6 Å². The lowest BCUT2D eigenvalue weighted by Crippen LogP contribution is -2.32. The summed E-state index contributed by atoms with van der Waals surface area (Å²) >= 11 is 0. The molecule has 8 heteroatoms. The Balaban J connectivity index is 2.10. The maximum atomic E-state index is 14.3. The summed E-state index contributed by atoms with van der Waals surface area (Å²) in [6.45, 7) is 1.05. The number of carbonyl (C=O) groups is 2. The number of carbonyl (C=O) groups excluding carboxylic acids is 2. The minimum atomic E-state index is -0.801. The molecule has 1 heterocycles. The standard InChI is InChI=1S/C24H27FN2O5/c1-26(2)12-5-13-27-21(15-6-9-17(31-3)10-7-15)20(23(29)24(27)30)22(28)16-8-11-19(32-4)18(25)14-16/h6-11,14,21,28H,5,12-13H2,1-4H3/b22-20+. The van der Waals surface area contributed by atoms with Gasteiger partial charge >= 0.3 is 0 Å². The number of methoxy groups -OCH3 is 2. The highest BCUT2D eigenvalue weighted by Crippen LogP contribution is 2.40. The van der Waals surface area contributed by atoms with Gasteiger partial charge < -0.3 is 24.4 Å². The summed E-state index contributed by atoms with van der Waals surface area (Å²) in [6.07, 6.45) is 0.643. The first-order valence-electron chi connectivity index (χ1n) is 10.2. The number of amides is 1. The van der Waals surface area contributed by atoms with E-state index in [1.54, 1.807) is 31.4 Å². The molecule has 32 heavy (non-hydrogen) atoms. The third kappa shape index (κ3) is 4.60. The molecule has 0 aliphatic carbocycles. The van der Waals surface area contributed by atoms with Crippen molar-refractivity contribution in [2.45, 2.75) is 12.5 Å². The van der Waals surface area contributed by atoms with Crippen LogP contribution in [0.5, 0.6) is 11.5 Å². The van der Waals surface area contributed by atoms with Gasteiger partial charge in [-0.05, 0) is 63.0 Å². The second-order valence-corrected chi connectivity index (χ2v) is 7.77. The molecule has 0 aromatic heterocycles. The first-order chi connectivity index (χ1) is 15.3. The molecule has 1 N–H and O–H groups in total. The molecule has 0 radical (unpaired) electrons. The molecule has 1 unspecified atom stereocenters. The number of Topliss-reactive ketones (excluding diaryl/α,β-unsaturated/α-hetero) is 1. The fourth-order valence-corrected chi connectivity index (χ4v) is 3.77. The molecule has 1 aliphatic rings. The molecule has 2 aromatic carbocycles. The van der Waals surface area contributed by atoms with Crippen molar-refractivity contribution >= 4 is 17.4 Å². The predicted molar refractivity (Wildman–Crippen MR) is 118 cm³/mol. The fourth-order valence-electron chi connectivity index (χ4n) is 3.77. The van der Waals surface area contributed by atoms with Gasteiger partial charge in [-0.3, -0.25) is 9.59 Å². The Morgan fingerprint density at radius 3 is 2.34 bits per heavy atom. The minimum Gasteiger partial charge on any atom is -0.507 e. The molecule has 1 aliphatic heterocycles. The highest BCUT2D eigenvalue weighted by atomic mass is 19.1. The molecule has 1 saturated heterocycles. The van der Waals surface area contributed by atoms with Crippen LogP contribution in [0.4, 0.5) is 4.39 Å². The van der Waals surface area contributed by atoms with Crippen molar-refractivity contribution in [1.82, 2.24) is 9.80 Å². The minimum absolute atomic E-state index is 0.0115. The summed E-state index contributed by atoms with van der Waals surface area (Å²) in [7, 11) is 6.72. The monoisotopic (exact) mass is 442 g/mol. The summed E-state index contributed by atoms with van der Waals surface area (Å²) in [4.78, 5) is 29.3. The van der Waals surface area contributed by atoms with Crippen LogP contribution >= 0.6 is 0 Å². The van der Waals surface area contributed by atoms with Crippen molar-refractivity contribution in [3.8, 4) is 11.5 Å². The zero-order chi connectivity index (χ0) is 23.4. The van der Waals surface area contributed by atoms with E-state index in [0.29, 0.717) is 24.3 Å². The van der Waals surface area contributed by atoms with Gasteiger partial charge in [0.2, 0.25) is 0 Å². The fraction of sp³-hybridized carbons (Fsp3) is 0.333. The van der Waals surface area contributed by atoms with E-state index in [2.05, 4.69) is 0 Å². The average molecular weight is 442 g/mol. The van der Waals surface area contributed by atoms with Gasteiger partial charge in [-0.15, -0.1) is 0 Å². The van der Waals surface area contributed by atoms with Crippen molar-refractivity contribution in [3.05, 3.63) is 65.0 Å². The molecule has 0 spiro atoms. The summed E-state index contributed by atoms with van der Waals surface area (Å²) in [5.41, 5.74) is 0.660. The topological polar surface area (TPSA) is 79.3 Å². The largest absolute Gasteiger partial charge is 0.507 e. The van der Waals surface area contributed by atoms with Crippen LogP contribution in [0, 0.1) is 5.82 Å². The van der Waals surface area contributed by atoms with Crippen LogP contribution in [-0.2, 0) is 9.59 Å². The Labute approximate surface area is 186 Å². The SMILES string of the molecule is COc1ccc(C2/C(=C(\O)c3ccc(OC)c(F)c3)C(=O)C(=O)N2CCCN(C)C)cc1. The normalized spacial score (nSPS) is 17.8. The van der Waals surface area contributed by atoms with Crippen LogP contribution in [0.15, 0.2) is 48.0 Å². The Bertz CT molecular complexity index is 1030. The van der Waals surface area contributed by atoms with Gasteiger partial charge in [-0.25, -0.2) is 4.39 Å². The first-order valence-corrected chi connectivity index (χ1v) is 10.2. The van der Waals surface area contributed by atoms with Crippen molar-refractivity contribution in [1.29, 1.82) is 0 Å². The number of halogens is 1. The second-order valence-electron chi connectivity index (χ2n) is 7.77. The van der Waals surface area contributed by atoms with E-state index in [1.165, 1.54) is 24.1 Å². The number of hydrogen-bond acceptors (Lipinski definition) is 6. The highest BCUT2D eigenvalue weighted by molar-refractivity contribution is 6.46. The van der Waals surface area contributed by atoms with E-state index in [1.807, 2.05) is 19.0 Å². The van der Waals surface area contributed by atoms with Gasteiger partial charge in [0.15, 0.2) is 11.6 Å². The number of aliphatic hydroxyl groups excluding tert-OH is 1. The molecule has 1 atom stereocenters. The maximum absolute atomic E-state index is 14.3. The molecule has 0 bridgehead atoms. The molecule has 7 nitrogen and oxygen atoms in total. The molecule has 3 rings (SSSR count). The van der Waals surface area contributed by atoms with E-state index < -0.39 is 29.3 Å². The first kappa shape index (κ1) is 23.3. The summed E-state index contributed by atoms with van der Waals surface area (Å²) in [5, 5.41) is 11.0. The van der Waals surface area contributed by atoms with Crippen LogP contribution in [-0.4, -0.2) is 68.0 Å². The number of ether oxygens (including phenoxy) is 2. The van der Waals surface area contributed by atoms with E-state index in [9.17, 15) is 19.1 Å². The van der Waals surface area contributed by atoms with Crippen molar-refractivity contribution in [3.63, 3.8) is 0 Å². The lowest BCUT2D eigenvalue weighted by atomic mass is 9.95. The van der Waals surface area contributed by atoms with Gasteiger partial charge in [0, 0.05) is 12.1 Å². The summed E-state index contributed by atoms with van der Waals surface area (Å²) < 4.78 is 24.4. The lowest BCUT2D eigenvalue weighted by molar-refractivity contribution is -0.139. The van der Waals surface area contributed by atoms with Gasteiger partial charge in [-0.2, -0.15) is 0 Å². The van der Waals surface area contributed by atoms with Crippen molar-refractivity contribution in [2.24, 2.45) is 0 Å². The lowest BCUT2D eigenvalue weighted by Gasteiger charge is -2.26. The van der Waals surface area contributed by atoms with Gasteiger partial charge in [0.1, 0.15) is 11.5 Å². The van der Waals surface area contributed by atoms with Crippen LogP contribution in [0.1, 0.15) is 23.6 Å². The van der Waals surface area contributed by atoms with Crippen LogP contribution < -0.4 is 9.47 Å². The zero-order valence-electron chi connectivity index (χ0n) is 18.6. The Morgan fingerprint density at radius 1 is 1.09 bits per heavy atom. The number of benzene rings is 2. The number of rotatable bonds is 8. The van der Waals surface area contributed by atoms with Gasteiger partial charge in [-0.1, -0.05) is 12.1 Å². The second kappa shape index (κ2) is 9.82. The Morgan fingerprint density at radius 2 is 1.78 bits per heavy atom. The molecular weight excluding hydrogens is 415 g/mol. The average Bonchev–Trinajstić information content (AvgIpc) is 3.03. The third-order valence-corrected chi connectivity index (χ3v) is 5.40. The molecular formula is C24H27FN2O5. The summed E-state index contributed by atoms with van der Waals surface area (Å²) in [5.74, 6) is -1.98. The number of nitrogens with zero attached hydrogens (tertiary/aromatic N) is 2. The quantitative estimate of drug-likeness (QED) is 0.384. The molecule has 2 aromatic rings. The molecule has 0 saturated carbocycles. The Hall–Kier alpha value is -3.39. The molecule has 1 amide bonds. The number of hydrogen-bond donors (Lipinski definition) is 1. The Kier molecular flexibility index (Phi) is 7.15. The smallest absolute Gasteiger partial charge is 0.295 e. The van der Waals surface area contributed by atoms with E-state index >= 15 is 0 Å². The predicted octanol–water partition coefficient (Wildman–Crippen LogP) is 3.22.